The highest BCUT2D eigenvalue weighted by Crippen LogP contribution is 2.44. The summed E-state index contributed by atoms with van der Waals surface area (Å²) in [6.07, 6.45) is 1.82. The molecule has 8 nitrogen and oxygen atoms in total. The Morgan fingerprint density at radius 2 is 1.55 bits per heavy atom. The molecule has 1 aliphatic rings. The van der Waals surface area contributed by atoms with Crippen LogP contribution in [0.1, 0.15) is 34.7 Å². The average Bonchev–Trinajstić information content (AvgIpc) is 3.52. The van der Waals surface area contributed by atoms with Crippen molar-refractivity contribution in [2.75, 3.05) is 23.9 Å². The number of thiocarbonyl (C=S) groups is 1. The molecule has 0 amide bonds. The molecule has 0 bridgehead atoms. The van der Waals surface area contributed by atoms with Crippen molar-refractivity contribution in [1.29, 1.82) is 0 Å². The largest absolute Gasteiger partial charge is 0.378 e. The molecule has 10 heteroatoms. The SMILES string of the molecule is Cc1cc([C@H]2[C@H](c3ccccn3)NC(=S)N2c2ccc(Sc3ccc([N+](=O)[O-])cc3)cc2)c(C)n1-c1ccc(N(C)C)cc1. The van der Waals surface area contributed by atoms with Gasteiger partial charge >= 0.3 is 0 Å². The molecule has 1 aliphatic heterocycles. The fourth-order valence-corrected chi connectivity index (χ4v) is 6.94. The van der Waals surface area contributed by atoms with Gasteiger partial charge < -0.3 is 19.7 Å². The molecule has 44 heavy (non-hydrogen) atoms. The van der Waals surface area contributed by atoms with Gasteiger partial charge in [0.15, 0.2) is 5.11 Å². The Bertz CT molecular complexity index is 1800. The zero-order valence-corrected chi connectivity index (χ0v) is 26.5. The summed E-state index contributed by atoms with van der Waals surface area (Å²) in [6, 6.07) is 31.4. The molecule has 0 unspecified atom stereocenters. The number of aryl methyl sites for hydroxylation is 1. The third-order valence-electron chi connectivity index (χ3n) is 7.91. The number of rotatable bonds is 8. The molecule has 0 aliphatic carbocycles. The maximum Gasteiger partial charge on any atom is 0.269 e. The molecule has 5 aromatic rings. The lowest BCUT2D eigenvalue weighted by Crippen LogP contribution is -2.29. The third kappa shape index (κ3) is 5.66. The highest BCUT2D eigenvalue weighted by Gasteiger charge is 2.42. The van der Waals surface area contributed by atoms with E-state index in [-0.39, 0.29) is 22.7 Å². The van der Waals surface area contributed by atoms with Crippen LogP contribution in [0.5, 0.6) is 0 Å². The Kier molecular flexibility index (Phi) is 8.11. The summed E-state index contributed by atoms with van der Waals surface area (Å²) in [5, 5.41) is 15.2. The molecular formula is C34H32N6O2S2. The predicted octanol–water partition coefficient (Wildman–Crippen LogP) is 7.79. The monoisotopic (exact) mass is 620 g/mol. The van der Waals surface area contributed by atoms with E-state index in [9.17, 15) is 10.1 Å². The second-order valence-corrected chi connectivity index (χ2v) is 12.4. The lowest BCUT2D eigenvalue weighted by molar-refractivity contribution is -0.384. The highest BCUT2D eigenvalue weighted by atomic mass is 32.2. The van der Waals surface area contributed by atoms with Crippen molar-refractivity contribution >= 4 is 46.2 Å². The van der Waals surface area contributed by atoms with Crippen LogP contribution in [0.15, 0.2) is 113 Å². The van der Waals surface area contributed by atoms with Crippen LogP contribution in [0.25, 0.3) is 5.69 Å². The highest BCUT2D eigenvalue weighted by molar-refractivity contribution is 7.99. The van der Waals surface area contributed by atoms with Gasteiger partial charge in [0.1, 0.15) is 0 Å². The number of non-ortho nitro benzene ring substituents is 1. The Balaban J connectivity index is 1.36. The number of nitro benzene ring substituents is 1. The quantitative estimate of drug-likeness (QED) is 0.107. The van der Waals surface area contributed by atoms with E-state index in [0.29, 0.717) is 5.11 Å². The maximum absolute atomic E-state index is 11.0. The van der Waals surface area contributed by atoms with Crippen molar-refractivity contribution in [3.8, 4) is 5.69 Å². The fraction of sp³-hybridized carbons (Fsp3) is 0.176. The van der Waals surface area contributed by atoms with Gasteiger partial charge in [-0.15, -0.1) is 0 Å². The third-order valence-corrected chi connectivity index (χ3v) is 9.24. The first-order valence-corrected chi connectivity index (χ1v) is 15.4. The Morgan fingerprint density at radius 3 is 2.14 bits per heavy atom. The molecule has 1 fully saturated rings. The Labute approximate surface area is 266 Å². The van der Waals surface area contributed by atoms with Gasteiger partial charge in [-0.2, -0.15) is 0 Å². The smallest absolute Gasteiger partial charge is 0.269 e. The summed E-state index contributed by atoms with van der Waals surface area (Å²) in [4.78, 5) is 21.6. The van der Waals surface area contributed by atoms with Gasteiger partial charge in [-0.05, 0) is 110 Å². The van der Waals surface area contributed by atoms with Gasteiger partial charge in [0.2, 0.25) is 0 Å². The normalized spacial score (nSPS) is 16.2. The van der Waals surface area contributed by atoms with E-state index >= 15 is 0 Å². The van der Waals surface area contributed by atoms with Crippen molar-refractivity contribution < 1.29 is 4.92 Å². The Morgan fingerprint density at radius 1 is 0.909 bits per heavy atom. The van der Waals surface area contributed by atoms with E-state index in [0.717, 1.165) is 43.9 Å². The van der Waals surface area contributed by atoms with E-state index in [1.807, 2.05) is 38.5 Å². The maximum atomic E-state index is 11.0. The molecule has 3 heterocycles. The van der Waals surface area contributed by atoms with Gasteiger partial charge in [0, 0.05) is 70.7 Å². The van der Waals surface area contributed by atoms with E-state index in [1.54, 1.807) is 23.9 Å². The van der Waals surface area contributed by atoms with Gasteiger partial charge in [0.05, 0.1) is 22.7 Å². The summed E-state index contributed by atoms with van der Waals surface area (Å²) < 4.78 is 2.30. The number of nitrogens with zero attached hydrogens (tertiary/aromatic N) is 5. The van der Waals surface area contributed by atoms with E-state index in [4.69, 9.17) is 17.2 Å². The van der Waals surface area contributed by atoms with Crippen molar-refractivity contribution in [2.24, 2.45) is 0 Å². The first-order chi connectivity index (χ1) is 21.2. The second-order valence-electron chi connectivity index (χ2n) is 10.9. The van der Waals surface area contributed by atoms with Gasteiger partial charge in [0.25, 0.3) is 5.69 Å². The second kappa shape index (κ2) is 12.1. The zero-order valence-electron chi connectivity index (χ0n) is 24.8. The summed E-state index contributed by atoms with van der Waals surface area (Å²) in [5.41, 5.74) is 7.70. The standard InChI is InChI=1S/C34H32N6O2S2/c1-22-21-30(23(2)38(22)25-10-8-24(9-11-25)37(3)4)33-32(31-7-5-6-20-35-31)36-34(43)39(33)26-12-16-28(17-13-26)44-29-18-14-27(15-19-29)40(41)42/h5-21,32-33H,1-4H3,(H,36,43)/t32-,33-/m0/s1. The molecule has 2 atom stereocenters. The van der Waals surface area contributed by atoms with Crippen LogP contribution in [0, 0.1) is 24.0 Å². The predicted molar refractivity (Wildman–Crippen MR) is 181 cm³/mol. The summed E-state index contributed by atoms with van der Waals surface area (Å²) in [5.74, 6) is 0. The number of hydrogen-bond donors (Lipinski definition) is 1. The zero-order chi connectivity index (χ0) is 31.0. The van der Waals surface area contributed by atoms with Crippen LogP contribution < -0.4 is 15.1 Å². The molecule has 0 radical (unpaired) electrons. The first-order valence-electron chi connectivity index (χ1n) is 14.2. The van der Waals surface area contributed by atoms with Gasteiger partial charge in [-0.1, -0.05) is 17.8 Å². The van der Waals surface area contributed by atoms with Crippen LogP contribution in [-0.4, -0.2) is 33.7 Å². The molecule has 0 saturated carbocycles. The lowest BCUT2D eigenvalue weighted by atomic mass is 9.96. The van der Waals surface area contributed by atoms with E-state index < -0.39 is 0 Å². The molecule has 6 rings (SSSR count). The number of nitro groups is 1. The number of anilines is 2. The fourth-order valence-electron chi connectivity index (χ4n) is 5.78. The van der Waals surface area contributed by atoms with Crippen LogP contribution in [-0.2, 0) is 0 Å². The minimum atomic E-state index is -0.386. The number of pyridine rings is 1. The molecule has 0 spiro atoms. The lowest BCUT2D eigenvalue weighted by Gasteiger charge is -2.28. The topological polar surface area (TPSA) is 79.5 Å². The van der Waals surface area contributed by atoms with Crippen molar-refractivity contribution in [2.45, 2.75) is 35.7 Å². The number of nitrogens with one attached hydrogen (secondary N) is 1. The van der Waals surface area contributed by atoms with Crippen molar-refractivity contribution in [1.82, 2.24) is 14.9 Å². The number of aromatic nitrogens is 2. The minimum Gasteiger partial charge on any atom is -0.378 e. The number of benzene rings is 3. The van der Waals surface area contributed by atoms with Crippen LogP contribution in [0.2, 0.25) is 0 Å². The minimum absolute atomic E-state index is 0.0817. The molecule has 2 aromatic heterocycles. The molecule has 3 aromatic carbocycles. The number of hydrogen-bond acceptors (Lipinski definition) is 6. The van der Waals surface area contributed by atoms with Crippen LogP contribution in [0.3, 0.4) is 0 Å². The van der Waals surface area contributed by atoms with E-state index in [1.165, 1.54) is 17.7 Å². The molecule has 1 N–H and O–H groups in total. The van der Waals surface area contributed by atoms with Gasteiger partial charge in [-0.3, -0.25) is 15.1 Å². The van der Waals surface area contributed by atoms with E-state index in [2.05, 4.69) is 88.1 Å². The average molecular weight is 621 g/mol. The summed E-state index contributed by atoms with van der Waals surface area (Å²) in [6.45, 7) is 4.31. The molecule has 222 valence electrons. The summed E-state index contributed by atoms with van der Waals surface area (Å²) in [7, 11) is 4.09. The van der Waals surface area contributed by atoms with Crippen molar-refractivity contribution in [3.05, 3.63) is 136 Å². The Hall–Kier alpha value is -4.67. The summed E-state index contributed by atoms with van der Waals surface area (Å²) >= 11 is 7.53. The molecule has 1 saturated heterocycles. The molecular weight excluding hydrogens is 589 g/mol. The van der Waals surface area contributed by atoms with Crippen molar-refractivity contribution in [3.63, 3.8) is 0 Å². The first kappa shape index (κ1) is 29.4. The van der Waals surface area contributed by atoms with Gasteiger partial charge in [-0.25, -0.2) is 0 Å². The van der Waals surface area contributed by atoms with Crippen LogP contribution >= 0.6 is 24.0 Å². The van der Waals surface area contributed by atoms with Crippen LogP contribution in [0.4, 0.5) is 17.1 Å².